The number of likely N-dealkylation sites (tertiary alicyclic amines) is 1. The van der Waals surface area contributed by atoms with Crippen LogP contribution in [0.4, 0.5) is 0 Å². The standard InChI is InChI=1S/C10H22N2/c1-4-12-6-5-9(7-12)10(2,3)8-11/h9H,4-8,11H2,1-3H3. The molecule has 0 aromatic heterocycles. The quantitative estimate of drug-likeness (QED) is 0.692. The molecule has 1 fully saturated rings. The molecule has 0 radical (unpaired) electrons. The zero-order chi connectivity index (χ0) is 9.19. The van der Waals surface area contributed by atoms with Gasteiger partial charge in [0, 0.05) is 6.54 Å². The first kappa shape index (κ1) is 10.0. The van der Waals surface area contributed by atoms with Crippen LogP contribution in [-0.2, 0) is 0 Å². The fourth-order valence-corrected chi connectivity index (χ4v) is 1.92. The van der Waals surface area contributed by atoms with E-state index in [0.29, 0.717) is 5.41 Å². The highest BCUT2D eigenvalue weighted by Crippen LogP contribution is 2.32. The predicted octanol–water partition coefficient (Wildman–Crippen LogP) is 1.31. The van der Waals surface area contributed by atoms with E-state index >= 15 is 0 Å². The summed E-state index contributed by atoms with van der Waals surface area (Å²) in [5.74, 6) is 0.808. The van der Waals surface area contributed by atoms with E-state index < -0.39 is 0 Å². The molecule has 0 amide bonds. The summed E-state index contributed by atoms with van der Waals surface area (Å²) in [6, 6.07) is 0. The van der Waals surface area contributed by atoms with Crippen molar-refractivity contribution in [2.45, 2.75) is 27.2 Å². The van der Waals surface area contributed by atoms with Crippen LogP contribution in [0.1, 0.15) is 27.2 Å². The Morgan fingerprint density at radius 3 is 2.58 bits per heavy atom. The molecule has 0 aromatic rings. The Balaban J connectivity index is 2.46. The van der Waals surface area contributed by atoms with Gasteiger partial charge in [0.15, 0.2) is 0 Å². The van der Waals surface area contributed by atoms with Gasteiger partial charge < -0.3 is 10.6 Å². The molecule has 1 atom stereocenters. The molecule has 0 aliphatic carbocycles. The first-order valence-electron chi connectivity index (χ1n) is 5.02. The minimum absolute atomic E-state index is 0.337. The summed E-state index contributed by atoms with van der Waals surface area (Å²) in [5.41, 5.74) is 6.09. The second-order valence-electron chi connectivity index (χ2n) is 4.57. The first-order valence-corrected chi connectivity index (χ1v) is 5.02. The molecule has 1 saturated heterocycles. The molecular weight excluding hydrogens is 148 g/mol. The van der Waals surface area contributed by atoms with Crippen molar-refractivity contribution in [2.24, 2.45) is 17.1 Å². The molecule has 1 aliphatic rings. The van der Waals surface area contributed by atoms with Crippen LogP contribution >= 0.6 is 0 Å². The van der Waals surface area contributed by atoms with Gasteiger partial charge in [0.1, 0.15) is 0 Å². The van der Waals surface area contributed by atoms with Crippen LogP contribution in [0.5, 0.6) is 0 Å². The van der Waals surface area contributed by atoms with Gasteiger partial charge in [-0.05, 0) is 37.4 Å². The molecule has 2 heteroatoms. The third-order valence-corrected chi connectivity index (χ3v) is 3.35. The molecule has 1 rings (SSSR count). The highest BCUT2D eigenvalue weighted by molar-refractivity contribution is 4.86. The van der Waals surface area contributed by atoms with Gasteiger partial charge in [0.25, 0.3) is 0 Å². The molecular formula is C10H22N2. The topological polar surface area (TPSA) is 29.3 Å². The van der Waals surface area contributed by atoms with E-state index in [9.17, 15) is 0 Å². The van der Waals surface area contributed by atoms with Gasteiger partial charge in [-0.15, -0.1) is 0 Å². The van der Waals surface area contributed by atoms with Crippen molar-refractivity contribution >= 4 is 0 Å². The summed E-state index contributed by atoms with van der Waals surface area (Å²) in [7, 11) is 0. The monoisotopic (exact) mass is 170 g/mol. The maximum atomic E-state index is 5.75. The summed E-state index contributed by atoms with van der Waals surface area (Å²) < 4.78 is 0. The van der Waals surface area contributed by atoms with Gasteiger partial charge in [-0.2, -0.15) is 0 Å². The van der Waals surface area contributed by atoms with E-state index in [0.717, 1.165) is 12.5 Å². The lowest BCUT2D eigenvalue weighted by Crippen LogP contribution is -2.34. The highest BCUT2D eigenvalue weighted by Gasteiger charge is 2.33. The minimum Gasteiger partial charge on any atom is -0.330 e. The van der Waals surface area contributed by atoms with Gasteiger partial charge in [-0.3, -0.25) is 0 Å². The van der Waals surface area contributed by atoms with Gasteiger partial charge in [0.05, 0.1) is 0 Å². The Morgan fingerprint density at radius 2 is 2.17 bits per heavy atom. The third-order valence-electron chi connectivity index (χ3n) is 3.35. The molecule has 12 heavy (non-hydrogen) atoms. The van der Waals surface area contributed by atoms with Crippen molar-refractivity contribution in [3.05, 3.63) is 0 Å². The molecule has 1 aliphatic heterocycles. The molecule has 0 saturated carbocycles. The average molecular weight is 170 g/mol. The predicted molar refractivity (Wildman–Crippen MR) is 53.1 cm³/mol. The Hall–Kier alpha value is -0.0800. The van der Waals surface area contributed by atoms with Gasteiger partial charge >= 0.3 is 0 Å². The Morgan fingerprint density at radius 1 is 1.50 bits per heavy atom. The van der Waals surface area contributed by atoms with Crippen LogP contribution < -0.4 is 5.73 Å². The fourth-order valence-electron chi connectivity index (χ4n) is 1.92. The Labute approximate surface area is 76.1 Å². The maximum Gasteiger partial charge on any atom is 0.00156 e. The molecule has 0 spiro atoms. The molecule has 1 heterocycles. The normalized spacial score (nSPS) is 26.5. The van der Waals surface area contributed by atoms with Crippen molar-refractivity contribution in [2.75, 3.05) is 26.2 Å². The van der Waals surface area contributed by atoms with Crippen LogP contribution in [0.25, 0.3) is 0 Å². The van der Waals surface area contributed by atoms with E-state index in [1.807, 2.05) is 0 Å². The lowest BCUT2D eigenvalue weighted by molar-refractivity contribution is 0.217. The summed E-state index contributed by atoms with van der Waals surface area (Å²) in [6.45, 7) is 11.3. The second-order valence-corrected chi connectivity index (χ2v) is 4.57. The maximum absolute atomic E-state index is 5.75. The van der Waals surface area contributed by atoms with Crippen molar-refractivity contribution in [3.8, 4) is 0 Å². The van der Waals surface area contributed by atoms with Crippen LogP contribution in [0, 0.1) is 11.3 Å². The van der Waals surface area contributed by atoms with Gasteiger partial charge in [-0.1, -0.05) is 20.8 Å². The number of nitrogens with zero attached hydrogens (tertiary/aromatic N) is 1. The largest absolute Gasteiger partial charge is 0.330 e. The van der Waals surface area contributed by atoms with E-state index in [1.165, 1.54) is 26.1 Å². The fraction of sp³-hybridized carbons (Fsp3) is 1.00. The molecule has 0 aromatic carbocycles. The summed E-state index contributed by atoms with van der Waals surface area (Å²) in [4.78, 5) is 2.52. The van der Waals surface area contributed by atoms with Crippen LogP contribution in [0.15, 0.2) is 0 Å². The van der Waals surface area contributed by atoms with Crippen molar-refractivity contribution in [1.82, 2.24) is 4.90 Å². The van der Waals surface area contributed by atoms with E-state index in [2.05, 4.69) is 25.7 Å². The number of rotatable bonds is 3. The highest BCUT2D eigenvalue weighted by atomic mass is 15.1. The van der Waals surface area contributed by atoms with Crippen molar-refractivity contribution in [3.63, 3.8) is 0 Å². The van der Waals surface area contributed by atoms with Crippen LogP contribution in [-0.4, -0.2) is 31.1 Å². The zero-order valence-corrected chi connectivity index (χ0v) is 8.64. The zero-order valence-electron chi connectivity index (χ0n) is 8.64. The van der Waals surface area contributed by atoms with E-state index in [-0.39, 0.29) is 0 Å². The lowest BCUT2D eigenvalue weighted by atomic mass is 9.78. The molecule has 1 unspecified atom stereocenters. The number of hydrogen-bond acceptors (Lipinski definition) is 2. The van der Waals surface area contributed by atoms with Crippen molar-refractivity contribution in [1.29, 1.82) is 0 Å². The summed E-state index contributed by atoms with van der Waals surface area (Å²) in [6.07, 6.45) is 1.33. The SMILES string of the molecule is CCN1CCC(C(C)(C)CN)C1. The summed E-state index contributed by atoms with van der Waals surface area (Å²) in [5, 5.41) is 0. The Kier molecular flexibility index (Phi) is 3.13. The molecule has 0 bridgehead atoms. The van der Waals surface area contributed by atoms with Crippen LogP contribution in [0.2, 0.25) is 0 Å². The number of nitrogens with two attached hydrogens (primary N) is 1. The molecule has 72 valence electrons. The third kappa shape index (κ3) is 1.99. The second kappa shape index (κ2) is 3.75. The average Bonchev–Trinajstić information content (AvgIpc) is 2.52. The molecule has 2 N–H and O–H groups in total. The Bertz CT molecular complexity index is 143. The molecule has 2 nitrogen and oxygen atoms in total. The summed E-state index contributed by atoms with van der Waals surface area (Å²) >= 11 is 0. The van der Waals surface area contributed by atoms with Gasteiger partial charge in [0.2, 0.25) is 0 Å². The van der Waals surface area contributed by atoms with E-state index in [1.54, 1.807) is 0 Å². The van der Waals surface area contributed by atoms with Gasteiger partial charge in [-0.25, -0.2) is 0 Å². The van der Waals surface area contributed by atoms with Crippen LogP contribution in [0.3, 0.4) is 0 Å². The van der Waals surface area contributed by atoms with E-state index in [4.69, 9.17) is 5.73 Å². The smallest absolute Gasteiger partial charge is 0.00156 e. The minimum atomic E-state index is 0.337. The first-order chi connectivity index (χ1) is 5.60. The van der Waals surface area contributed by atoms with Crippen molar-refractivity contribution < 1.29 is 0 Å². The number of hydrogen-bond donors (Lipinski definition) is 1. The lowest BCUT2D eigenvalue weighted by Gasteiger charge is -2.30.